The Morgan fingerprint density at radius 3 is 2.40 bits per heavy atom. The van der Waals surface area contributed by atoms with E-state index in [9.17, 15) is 10.2 Å². The van der Waals surface area contributed by atoms with Gasteiger partial charge in [-0.05, 0) is 25.4 Å². The average molecular weight is 252 g/mol. The van der Waals surface area contributed by atoms with Crippen molar-refractivity contribution in [2.75, 3.05) is 5.32 Å². The molecular formula is C8H11Cl2N3O2. The smallest absolute Gasteiger partial charge is 0.226 e. The maximum absolute atomic E-state index is 9.49. The molecule has 5 nitrogen and oxygen atoms in total. The number of aliphatic hydroxyl groups is 1. The van der Waals surface area contributed by atoms with Crippen LogP contribution >= 0.6 is 23.2 Å². The Morgan fingerprint density at radius 1 is 1.27 bits per heavy atom. The van der Waals surface area contributed by atoms with Crippen molar-refractivity contribution in [3.8, 4) is 5.75 Å². The normalized spacial score (nSPS) is 14.7. The standard InChI is InChI=1S/C8H11Cl2N3O2/c1-3(4(2)14)11-7-5(15)6(9)12-8(10)13-7/h3-4,14-15H,1-2H3,(H,11,12,13)/t3-,4+/m1/s1. The number of aliphatic hydroxyl groups excluding tert-OH is 1. The van der Waals surface area contributed by atoms with E-state index >= 15 is 0 Å². The molecule has 0 bridgehead atoms. The monoisotopic (exact) mass is 251 g/mol. The van der Waals surface area contributed by atoms with Gasteiger partial charge in [-0.2, -0.15) is 4.98 Å². The molecule has 0 saturated heterocycles. The lowest BCUT2D eigenvalue weighted by Gasteiger charge is -2.17. The van der Waals surface area contributed by atoms with Crippen molar-refractivity contribution in [2.24, 2.45) is 0 Å². The second-order valence-corrected chi connectivity index (χ2v) is 3.85. The maximum Gasteiger partial charge on any atom is 0.226 e. The summed E-state index contributed by atoms with van der Waals surface area (Å²) in [4.78, 5) is 7.31. The molecule has 1 aromatic heterocycles. The molecule has 0 spiro atoms. The van der Waals surface area contributed by atoms with Crippen molar-refractivity contribution in [3.63, 3.8) is 0 Å². The highest BCUT2D eigenvalue weighted by Gasteiger charge is 2.15. The highest BCUT2D eigenvalue weighted by Crippen LogP contribution is 2.30. The minimum absolute atomic E-state index is 0.0712. The first-order valence-electron chi connectivity index (χ1n) is 4.28. The lowest BCUT2D eigenvalue weighted by atomic mass is 10.2. The van der Waals surface area contributed by atoms with Crippen LogP contribution in [0.3, 0.4) is 0 Å². The average Bonchev–Trinajstić information content (AvgIpc) is 2.13. The van der Waals surface area contributed by atoms with Gasteiger partial charge in [-0.1, -0.05) is 11.6 Å². The van der Waals surface area contributed by atoms with Gasteiger partial charge in [0.25, 0.3) is 0 Å². The topological polar surface area (TPSA) is 78.3 Å². The Kier molecular flexibility index (Phi) is 3.96. The van der Waals surface area contributed by atoms with Gasteiger partial charge in [0, 0.05) is 0 Å². The van der Waals surface area contributed by atoms with Gasteiger partial charge in [-0.3, -0.25) is 0 Å². The quantitative estimate of drug-likeness (QED) is 0.563. The summed E-state index contributed by atoms with van der Waals surface area (Å²) in [5, 5.41) is 21.3. The molecule has 0 radical (unpaired) electrons. The van der Waals surface area contributed by atoms with Crippen LogP contribution in [0.5, 0.6) is 5.75 Å². The van der Waals surface area contributed by atoms with E-state index in [1.54, 1.807) is 13.8 Å². The molecule has 0 aliphatic carbocycles. The summed E-state index contributed by atoms with van der Waals surface area (Å²) < 4.78 is 0. The third-order valence-corrected chi connectivity index (χ3v) is 2.33. The number of nitrogens with one attached hydrogen (secondary N) is 1. The van der Waals surface area contributed by atoms with Crippen molar-refractivity contribution in [1.29, 1.82) is 0 Å². The molecule has 7 heteroatoms. The van der Waals surface area contributed by atoms with Gasteiger partial charge in [0.2, 0.25) is 5.28 Å². The Balaban J connectivity index is 2.94. The number of anilines is 1. The van der Waals surface area contributed by atoms with E-state index < -0.39 is 6.10 Å². The van der Waals surface area contributed by atoms with Crippen molar-refractivity contribution in [3.05, 3.63) is 10.4 Å². The van der Waals surface area contributed by atoms with Crippen LogP contribution in [0.1, 0.15) is 13.8 Å². The fourth-order valence-corrected chi connectivity index (χ4v) is 1.22. The van der Waals surface area contributed by atoms with Crippen LogP contribution in [-0.4, -0.2) is 32.3 Å². The van der Waals surface area contributed by atoms with Gasteiger partial charge in [0.05, 0.1) is 12.1 Å². The first kappa shape index (κ1) is 12.3. The number of aromatic hydroxyl groups is 1. The van der Waals surface area contributed by atoms with Crippen molar-refractivity contribution < 1.29 is 10.2 Å². The van der Waals surface area contributed by atoms with E-state index in [1.165, 1.54) is 0 Å². The fraction of sp³-hybridized carbons (Fsp3) is 0.500. The van der Waals surface area contributed by atoms with E-state index in [0.717, 1.165) is 0 Å². The Bertz CT molecular complexity index is 360. The fourth-order valence-electron chi connectivity index (χ4n) is 0.839. The molecule has 0 saturated carbocycles. The predicted molar refractivity (Wildman–Crippen MR) is 58.5 cm³/mol. The zero-order valence-corrected chi connectivity index (χ0v) is 9.71. The van der Waals surface area contributed by atoms with Crippen molar-refractivity contribution in [2.45, 2.75) is 26.0 Å². The molecule has 3 N–H and O–H groups in total. The van der Waals surface area contributed by atoms with E-state index in [-0.39, 0.29) is 28.0 Å². The van der Waals surface area contributed by atoms with Gasteiger partial charge in [0.1, 0.15) is 0 Å². The number of nitrogens with zero attached hydrogens (tertiary/aromatic N) is 2. The first-order valence-corrected chi connectivity index (χ1v) is 5.04. The van der Waals surface area contributed by atoms with Gasteiger partial charge < -0.3 is 15.5 Å². The number of halogens is 2. The van der Waals surface area contributed by atoms with Crippen LogP contribution in [0.15, 0.2) is 0 Å². The molecule has 0 aromatic carbocycles. The van der Waals surface area contributed by atoms with Gasteiger partial charge in [0.15, 0.2) is 16.7 Å². The Hall–Kier alpha value is -0.780. The summed E-state index contributed by atoms with van der Waals surface area (Å²) in [7, 11) is 0. The molecule has 0 aliphatic rings. The number of hydrogen-bond donors (Lipinski definition) is 3. The number of aromatic nitrogens is 2. The largest absolute Gasteiger partial charge is 0.502 e. The van der Waals surface area contributed by atoms with Gasteiger partial charge in [-0.15, -0.1) is 0 Å². The molecule has 0 fully saturated rings. The molecule has 15 heavy (non-hydrogen) atoms. The maximum atomic E-state index is 9.49. The van der Waals surface area contributed by atoms with E-state index in [2.05, 4.69) is 15.3 Å². The summed E-state index contributed by atoms with van der Waals surface area (Å²) >= 11 is 11.2. The van der Waals surface area contributed by atoms with Gasteiger partial charge >= 0.3 is 0 Å². The second-order valence-electron chi connectivity index (χ2n) is 3.15. The van der Waals surface area contributed by atoms with Gasteiger partial charge in [-0.25, -0.2) is 4.98 Å². The highest BCUT2D eigenvalue weighted by molar-refractivity contribution is 6.33. The number of hydrogen-bond acceptors (Lipinski definition) is 5. The van der Waals surface area contributed by atoms with Crippen LogP contribution in [0.25, 0.3) is 0 Å². The first-order chi connectivity index (χ1) is 6.91. The zero-order valence-electron chi connectivity index (χ0n) is 8.20. The summed E-state index contributed by atoms with van der Waals surface area (Å²) in [6.45, 7) is 3.34. The van der Waals surface area contributed by atoms with Crippen molar-refractivity contribution >= 4 is 29.0 Å². The molecule has 2 atom stereocenters. The molecular weight excluding hydrogens is 241 g/mol. The van der Waals surface area contributed by atoms with Crippen LogP contribution in [0.2, 0.25) is 10.4 Å². The SMILES string of the molecule is C[C@H](O)[C@@H](C)Nc1nc(Cl)nc(Cl)c1O. The highest BCUT2D eigenvalue weighted by atomic mass is 35.5. The van der Waals surface area contributed by atoms with Crippen LogP contribution < -0.4 is 5.32 Å². The molecule has 0 unspecified atom stereocenters. The molecule has 1 rings (SSSR count). The lowest BCUT2D eigenvalue weighted by Crippen LogP contribution is -2.28. The Morgan fingerprint density at radius 2 is 1.87 bits per heavy atom. The summed E-state index contributed by atoms with van der Waals surface area (Å²) in [5.74, 6) is -0.179. The molecule has 1 heterocycles. The van der Waals surface area contributed by atoms with Crippen LogP contribution in [0.4, 0.5) is 5.82 Å². The van der Waals surface area contributed by atoms with Crippen LogP contribution in [-0.2, 0) is 0 Å². The van der Waals surface area contributed by atoms with Crippen LogP contribution in [0, 0.1) is 0 Å². The molecule has 0 amide bonds. The molecule has 84 valence electrons. The molecule has 0 aliphatic heterocycles. The van der Waals surface area contributed by atoms with Crippen molar-refractivity contribution in [1.82, 2.24) is 9.97 Å². The second kappa shape index (κ2) is 4.83. The summed E-state index contributed by atoms with van der Waals surface area (Å²) in [6.07, 6.45) is -0.600. The lowest BCUT2D eigenvalue weighted by molar-refractivity contribution is 0.177. The molecule has 1 aromatic rings. The Labute approximate surface area is 97.1 Å². The third kappa shape index (κ3) is 3.09. The van der Waals surface area contributed by atoms with E-state index in [0.29, 0.717) is 0 Å². The van der Waals surface area contributed by atoms with E-state index in [4.69, 9.17) is 23.2 Å². The summed E-state index contributed by atoms with van der Waals surface area (Å²) in [5.41, 5.74) is 0. The minimum atomic E-state index is -0.600. The third-order valence-electron chi connectivity index (χ3n) is 1.90. The summed E-state index contributed by atoms with van der Waals surface area (Å²) in [6, 6.07) is -0.294. The predicted octanol–water partition coefficient (Wildman–Crippen LogP) is 1.67. The minimum Gasteiger partial charge on any atom is -0.502 e. The zero-order chi connectivity index (χ0) is 11.6. The van der Waals surface area contributed by atoms with E-state index in [1.807, 2.05) is 0 Å². The number of rotatable bonds is 3.